The predicted octanol–water partition coefficient (Wildman–Crippen LogP) is 2.48. The minimum Gasteiger partial charge on any atom is -0.315 e. The molecule has 0 aliphatic heterocycles. The summed E-state index contributed by atoms with van der Waals surface area (Å²) in [5.74, 6) is 1.38. The third-order valence-electron chi connectivity index (χ3n) is 3.08. The number of nitrogens with one attached hydrogen (secondary N) is 1. The van der Waals surface area contributed by atoms with Crippen LogP contribution >= 0.6 is 11.6 Å². The van der Waals surface area contributed by atoms with Crippen LogP contribution in [0.5, 0.6) is 0 Å². The first-order valence-electron chi connectivity index (χ1n) is 6.70. The molecule has 0 spiro atoms. The Labute approximate surface area is 114 Å². The second kappa shape index (κ2) is 9.17. The number of nitrogens with zero attached hydrogens (tertiary/aromatic N) is 1. The van der Waals surface area contributed by atoms with Gasteiger partial charge in [0.15, 0.2) is 0 Å². The number of pyridine rings is 1. The van der Waals surface area contributed by atoms with Crippen LogP contribution in [0.4, 0.5) is 0 Å². The number of hydrogen-bond acceptors (Lipinski definition) is 2. The van der Waals surface area contributed by atoms with E-state index in [9.17, 15) is 4.79 Å². The summed E-state index contributed by atoms with van der Waals surface area (Å²) >= 11 is 5.79. The van der Waals surface area contributed by atoms with Gasteiger partial charge in [-0.3, -0.25) is 4.79 Å². The van der Waals surface area contributed by atoms with E-state index in [1.807, 2.05) is 12.3 Å². The number of aromatic nitrogens is 1. The van der Waals surface area contributed by atoms with Crippen LogP contribution in [0.3, 0.4) is 0 Å². The molecule has 0 fully saturated rings. The molecule has 1 rings (SSSR count). The lowest BCUT2D eigenvalue weighted by molar-refractivity contribution is 0.424. The van der Waals surface area contributed by atoms with Gasteiger partial charge in [0.25, 0.3) is 5.56 Å². The summed E-state index contributed by atoms with van der Waals surface area (Å²) in [7, 11) is 0. The molecule has 0 radical (unpaired) electrons. The van der Waals surface area contributed by atoms with Gasteiger partial charge < -0.3 is 9.88 Å². The van der Waals surface area contributed by atoms with E-state index in [2.05, 4.69) is 12.2 Å². The van der Waals surface area contributed by atoms with Crippen molar-refractivity contribution in [2.24, 2.45) is 5.92 Å². The van der Waals surface area contributed by atoms with Crippen molar-refractivity contribution in [2.75, 3.05) is 19.0 Å². The number of hydrogen-bond donors (Lipinski definition) is 1. The lowest BCUT2D eigenvalue weighted by atomic mass is 10.0. The summed E-state index contributed by atoms with van der Waals surface area (Å²) in [5.41, 5.74) is 0.0603. The average molecular weight is 271 g/mol. The monoisotopic (exact) mass is 270 g/mol. The Bertz CT molecular complexity index is 372. The Morgan fingerprint density at radius 3 is 2.89 bits per heavy atom. The highest BCUT2D eigenvalue weighted by atomic mass is 35.5. The minimum absolute atomic E-state index is 0.0603. The second-order valence-corrected chi connectivity index (χ2v) is 4.95. The SMILES string of the molecule is CCCC(CCCl)CNCCn1ccccc1=O. The van der Waals surface area contributed by atoms with Gasteiger partial charge in [0.1, 0.15) is 0 Å². The van der Waals surface area contributed by atoms with Crippen molar-refractivity contribution in [3.63, 3.8) is 0 Å². The smallest absolute Gasteiger partial charge is 0.250 e. The fourth-order valence-corrected chi connectivity index (χ4v) is 2.37. The maximum absolute atomic E-state index is 11.5. The number of alkyl halides is 1. The van der Waals surface area contributed by atoms with Crippen LogP contribution in [0.25, 0.3) is 0 Å². The molecule has 0 saturated carbocycles. The van der Waals surface area contributed by atoms with Crippen molar-refractivity contribution in [1.29, 1.82) is 0 Å². The van der Waals surface area contributed by atoms with Gasteiger partial charge in [0.05, 0.1) is 0 Å². The molecule has 0 amide bonds. The molecular weight excluding hydrogens is 248 g/mol. The largest absolute Gasteiger partial charge is 0.315 e. The predicted molar refractivity (Wildman–Crippen MR) is 77.3 cm³/mol. The van der Waals surface area contributed by atoms with E-state index in [0.29, 0.717) is 5.92 Å². The molecule has 1 aromatic heterocycles. The van der Waals surface area contributed by atoms with Gasteiger partial charge in [0, 0.05) is 31.2 Å². The van der Waals surface area contributed by atoms with Gasteiger partial charge in [-0.05, 0) is 31.4 Å². The maximum atomic E-state index is 11.5. The maximum Gasteiger partial charge on any atom is 0.250 e. The molecule has 1 atom stereocenters. The van der Waals surface area contributed by atoms with E-state index in [1.165, 1.54) is 12.8 Å². The van der Waals surface area contributed by atoms with Gasteiger partial charge in [0.2, 0.25) is 0 Å². The van der Waals surface area contributed by atoms with Gasteiger partial charge in [-0.2, -0.15) is 0 Å². The first-order valence-corrected chi connectivity index (χ1v) is 7.23. The number of halogens is 1. The number of rotatable bonds is 9. The van der Waals surface area contributed by atoms with E-state index < -0.39 is 0 Å². The topological polar surface area (TPSA) is 34.0 Å². The Kier molecular flexibility index (Phi) is 7.78. The molecule has 3 nitrogen and oxygen atoms in total. The Morgan fingerprint density at radius 2 is 2.22 bits per heavy atom. The fraction of sp³-hybridized carbons (Fsp3) is 0.643. The lowest BCUT2D eigenvalue weighted by Crippen LogP contribution is -2.29. The van der Waals surface area contributed by atoms with E-state index in [0.717, 1.165) is 31.9 Å². The zero-order valence-electron chi connectivity index (χ0n) is 11.1. The van der Waals surface area contributed by atoms with Crippen molar-refractivity contribution < 1.29 is 0 Å². The molecule has 0 aliphatic carbocycles. The fourth-order valence-electron chi connectivity index (χ4n) is 2.06. The Morgan fingerprint density at radius 1 is 1.39 bits per heavy atom. The summed E-state index contributed by atoms with van der Waals surface area (Å²) in [6, 6.07) is 5.24. The Balaban J connectivity index is 2.25. The molecule has 4 heteroatoms. The van der Waals surface area contributed by atoms with Crippen molar-refractivity contribution in [3.8, 4) is 0 Å². The normalized spacial score (nSPS) is 12.6. The van der Waals surface area contributed by atoms with Crippen molar-refractivity contribution in [2.45, 2.75) is 32.7 Å². The van der Waals surface area contributed by atoms with Crippen LogP contribution in [0.1, 0.15) is 26.2 Å². The van der Waals surface area contributed by atoms with Crippen LogP contribution in [0, 0.1) is 5.92 Å². The van der Waals surface area contributed by atoms with Crippen molar-refractivity contribution in [1.82, 2.24) is 9.88 Å². The lowest BCUT2D eigenvalue weighted by Gasteiger charge is -2.15. The second-order valence-electron chi connectivity index (χ2n) is 4.57. The molecule has 0 saturated heterocycles. The van der Waals surface area contributed by atoms with Gasteiger partial charge in [-0.1, -0.05) is 19.4 Å². The molecule has 0 bridgehead atoms. The van der Waals surface area contributed by atoms with E-state index in [1.54, 1.807) is 16.7 Å². The summed E-state index contributed by atoms with van der Waals surface area (Å²) in [6.45, 7) is 4.73. The van der Waals surface area contributed by atoms with Gasteiger partial charge in [-0.25, -0.2) is 0 Å². The van der Waals surface area contributed by atoms with Crippen molar-refractivity contribution >= 4 is 11.6 Å². The van der Waals surface area contributed by atoms with Gasteiger partial charge >= 0.3 is 0 Å². The van der Waals surface area contributed by atoms with Crippen LogP contribution in [0.2, 0.25) is 0 Å². The van der Waals surface area contributed by atoms with Crippen LogP contribution in [-0.4, -0.2) is 23.5 Å². The van der Waals surface area contributed by atoms with Gasteiger partial charge in [-0.15, -0.1) is 11.6 Å². The third kappa shape index (κ3) is 5.69. The summed E-state index contributed by atoms with van der Waals surface area (Å²) in [4.78, 5) is 11.5. The van der Waals surface area contributed by atoms with E-state index >= 15 is 0 Å². The quantitative estimate of drug-likeness (QED) is 0.553. The molecular formula is C14H23ClN2O. The van der Waals surface area contributed by atoms with Crippen molar-refractivity contribution in [3.05, 3.63) is 34.7 Å². The first kappa shape index (κ1) is 15.3. The molecule has 1 unspecified atom stereocenters. The first-order chi connectivity index (χ1) is 8.77. The zero-order chi connectivity index (χ0) is 13.2. The van der Waals surface area contributed by atoms with Crippen LogP contribution in [0.15, 0.2) is 29.2 Å². The molecule has 1 aromatic rings. The summed E-state index contributed by atoms with van der Waals surface area (Å²) < 4.78 is 1.73. The third-order valence-corrected chi connectivity index (χ3v) is 3.29. The summed E-state index contributed by atoms with van der Waals surface area (Å²) in [6.07, 6.45) is 5.30. The van der Waals surface area contributed by atoms with Crippen LogP contribution < -0.4 is 10.9 Å². The average Bonchev–Trinajstić information content (AvgIpc) is 2.37. The summed E-state index contributed by atoms with van der Waals surface area (Å²) in [5, 5.41) is 3.41. The van der Waals surface area contributed by atoms with Crippen LogP contribution in [-0.2, 0) is 6.54 Å². The molecule has 18 heavy (non-hydrogen) atoms. The highest BCUT2D eigenvalue weighted by Crippen LogP contribution is 2.10. The molecule has 1 N–H and O–H groups in total. The standard InChI is InChI=1S/C14H23ClN2O/c1-2-5-13(7-8-15)12-16-9-11-17-10-4-3-6-14(17)18/h3-4,6,10,13,16H,2,5,7-9,11-12H2,1H3. The van der Waals surface area contributed by atoms with E-state index in [4.69, 9.17) is 11.6 Å². The Hall–Kier alpha value is -0.800. The zero-order valence-corrected chi connectivity index (χ0v) is 11.8. The molecule has 0 aliphatic rings. The highest BCUT2D eigenvalue weighted by Gasteiger charge is 2.06. The molecule has 0 aromatic carbocycles. The van der Waals surface area contributed by atoms with E-state index in [-0.39, 0.29) is 5.56 Å². The minimum atomic E-state index is 0.0603. The molecule has 102 valence electrons. The highest BCUT2D eigenvalue weighted by molar-refractivity contribution is 6.17. The molecule has 1 heterocycles.